The lowest BCUT2D eigenvalue weighted by Crippen LogP contribution is -2.14. The fourth-order valence-corrected chi connectivity index (χ4v) is 4.28. The van der Waals surface area contributed by atoms with Crippen LogP contribution < -0.4 is 0 Å². The first-order valence-electron chi connectivity index (χ1n) is 11.0. The van der Waals surface area contributed by atoms with Gasteiger partial charge in [0.1, 0.15) is 6.04 Å². The normalized spacial score (nSPS) is 12.6. The molecule has 5 rings (SSSR count). The second-order valence-corrected chi connectivity index (χ2v) is 8.43. The number of hydrogen-bond donors (Lipinski definition) is 1. The van der Waals surface area contributed by atoms with E-state index in [2.05, 4.69) is 82.3 Å². The Hall–Kier alpha value is -3.64. The summed E-state index contributed by atoms with van der Waals surface area (Å²) in [5, 5.41) is 6.21. The smallest absolute Gasteiger partial charge is 0.117 e. The molecule has 0 fully saturated rings. The Balaban J connectivity index is 1.43. The monoisotopic (exact) mass is 424 g/mol. The molecule has 1 atom stereocenters. The fourth-order valence-electron chi connectivity index (χ4n) is 4.28. The predicted octanol–water partition coefficient (Wildman–Crippen LogP) is 4.82. The summed E-state index contributed by atoms with van der Waals surface area (Å²) in [6.07, 6.45) is 11.0. The molecular formula is C26H28N6. The first-order chi connectivity index (χ1) is 15.7. The molecule has 5 aromatic rings. The highest BCUT2D eigenvalue weighted by Crippen LogP contribution is 2.28. The van der Waals surface area contributed by atoms with Gasteiger partial charge in [0.15, 0.2) is 0 Å². The van der Waals surface area contributed by atoms with E-state index in [4.69, 9.17) is 5.10 Å². The third-order valence-electron chi connectivity index (χ3n) is 5.88. The predicted molar refractivity (Wildman–Crippen MR) is 129 cm³/mol. The van der Waals surface area contributed by atoms with Gasteiger partial charge in [-0.1, -0.05) is 6.07 Å². The van der Waals surface area contributed by atoms with E-state index in [9.17, 15) is 0 Å². The molecule has 0 aliphatic carbocycles. The van der Waals surface area contributed by atoms with Gasteiger partial charge < -0.3 is 14.5 Å². The molecule has 32 heavy (non-hydrogen) atoms. The molecule has 162 valence electrons. The summed E-state index contributed by atoms with van der Waals surface area (Å²) >= 11 is 0. The van der Waals surface area contributed by atoms with E-state index in [0.29, 0.717) is 0 Å². The van der Waals surface area contributed by atoms with Gasteiger partial charge in [-0.2, -0.15) is 5.10 Å². The number of rotatable bonds is 8. The van der Waals surface area contributed by atoms with Crippen molar-refractivity contribution < 1.29 is 0 Å². The molecule has 0 bridgehead atoms. The third-order valence-corrected chi connectivity index (χ3v) is 5.88. The Morgan fingerprint density at radius 2 is 1.88 bits per heavy atom. The standard InChI is InChI=1S/C26H28N6/c1-30(2)15-4-16-31-17-10-22-19-21(6-7-25(22)31)23-11-18-32(29-23)26(24-5-3-12-28-24)20-8-13-27-14-9-20/h3,5-14,17-19,26,28H,4,15-16H2,1-2H3. The van der Waals surface area contributed by atoms with Gasteiger partial charge in [-0.15, -0.1) is 0 Å². The van der Waals surface area contributed by atoms with Gasteiger partial charge in [-0.25, -0.2) is 0 Å². The van der Waals surface area contributed by atoms with Crippen molar-refractivity contribution in [2.75, 3.05) is 20.6 Å². The average molecular weight is 425 g/mol. The van der Waals surface area contributed by atoms with Crippen LogP contribution in [0.1, 0.15) is 23.7 Å². The van der Waals surface area contributed by atoms with E-state index in [1.165, 1.54) is 10.9 Å². The van der Waals surface area contributed by atoms with Crippen LogP contribution in [0.5, 0.6) is 0 Å². The minimum absolute atomic E-state index is 0.0248. The van der Waals surface area contributed by atoms with Crippen LogP contribution in [0.3, 0.4) is 0 Å². The molecule has 1 unspecified atom stereocenters. The highest BCUT2D eigenvalue weighted by molar-refractivity contribution is 5.85. The molecule has 6 heteroatoms. The molecule has 1 aromatic carbocycles. The number of hydrogen-bond acceptors (Lipinski definition) is 3. The Labute approximate surface area is 188 Å². The van der Waals surface area contributed by atoms with Crippen molar-refractivity contribution in [3.8, 4) is 11.3 Å². The van der Waals surface area contributed by atoms with Gasteiger partial charge in [0.25, 0.3) is 0 Å². The van der Waals surface area contributed by atoms with Crippen LogP contribution in [0.25, 0.3) is 22.2 Å². The molecule has 0 saturated carbocycles. The van der Waals surface area contributed by atoms with Crippen LogP contribution in [-0.4, -0.2) is 49.9 Å². The van der Waals surface area contributed by atoms with Crippen molar-refractivity contribution >= 4 is 10.9 Å². The second kappa shape index (κ2) is 8.85. The average Bonchev–Trinajstić information content (AvgIpc) is 3.56. The van der Waals surface area contributed by atoms with Crippen LogP contribution in [0.2, 0.25) is 0 Å². The van der Waals surface area contributed by atoms with Crippen LogP contribution in [0, 0.1) is 0 Å². The molecule has 4 heterocycles. The second-order valence-electron chi connectivity index (χ2n) is 8.43. The largest absolute Gasteiger partial charge is 0.363 e. The summed E-state index contributed by atoms with van der Waals surface area (Å²) in [6, 6.07) is 19.1. The van der Waals surface area contributed by atoms with Gasteiger partial charge >= 0.3 is 0 Å². The Bertz CT molecular complexity index is 1280. The molecule has 4 aromatic heterocycles. The van der Waals surface area contributed by atoms with Crippen LogP contribution in [-0.2, 0) is 6.54 Å². The summed E-state index contributed by atoms with van der Waals surface area (Å²) in [6.45, 7) is 2.12. The number of aromatic amines is 1. The molecule has 0 saturated heterocycles. The van der Waals surface area contributed by atoms with Crippen molar-refractivity contribution in [1.82, 2.24) is 29.2 Å². The lowest BCUT2D eigenvalue weighted by atomic mass is 10.1. The number of nitrogens with zero attached hydrogens (tertiary/aromatic N) is 5. The van der Waals surface area contributed by atoms with E-state index in [-0.39, 0.29) is 6.04 Å². The zero-order chi connectivity index (χ0) is 21.9. The first-order valence-corrected chi connectivity index (χ1v) is 11.0. The van der Waals surface area contributed by atoms with Crippen molar-refractivity contribution in [1.29, 1.82) is 0 Å². The number of pyridine rings is 1. The molecule has 0 aliphatic rings. The van der Waals surface area contributed by atoms with E-state index in [1.807, 2.05) is 41.5 Å². The number of aryl methyl sites for hydroxylation is 1. The van der Waals surface area contributed by atoms with E-state index in [1.54, 1.807) is 0 Å². The third kappa shape index (κ3) is 4.09. The highest BCUT2D eigenvalue weighted by Gasteiger charge is 2.19. The number of H-pyrrole nitrogens is 1. The minimum atomic E-state index is -0.0248. The van der Waals surface area contributed by atoms with E-state index >= 15 is 0 Å². The number of nitrogens with one attached hydrogen (secondary N) is 1. The van der Waals surface area contributed by atoms with Gasteiger partial charge in [0, 0.05) is 59.7 Å². The molecule has 1 N–H and O–H groups in total. The quantitative estimate of drug-likeness (QED) is 0.389. The zero-order valence-corrected chi connectivity index (χ0v) is 18.5. The summed E-state index contributed by atoms with van der Waals surface area (Å²) in [7, 11) is 4.24. The maximum absolute atomic E-state index is 4.96. The van der Waals surface area contributed by atoms with Crippen molar-refractivity contribution in [2.24, 2.45) is 0 Å². The SMILES string of the molecule is CN(C)CCCn1ccc2cc(-c3ccn(C(c4ccncc4)c4ccc[nH]4)n3)ccc21. The van der Waals surface area contributed by atoms with Gasteiger partial charge in [0.05, 0.1) is 5.69 Å². The summed E-state index contributed by atoms with van der Waals surface area (Å²) in [4.78, 5) is 9.74. The lowest BCUT2D eigenvalue weighted by molar-refractivity contribution is 0.388. The van der Waals surface area contributed by atoms with Crippen molar-refractivity contribution in [3.63, 3.8) is 0 Å². The number of benzene rings is 1. The summed E-state index contributed by atoms with van der Waals surface area (Å²) < 4.78 is 4.36. The topological polar surface area (TPSA) is 54.7 Å². The Morgan fingerprint density at radius 3 is 2.66 bits per heavy atom. The molecular weight excluding hydrogens is 396 g/mol. The van der Waals surface area contributed by atoms with Crippen LogP contribution in [0.15, 0.2) is 85.6 Å². The fraction of sp³-hybridized carbons (Fsp3) is 0.231. The summed E-state index contributed by atoms with van der Waals surface area (Å²) in [5.74, 6) is 0. The molecule has 0 spiro atoms. The van der Waals surface area contributed by atoms with E-state index < -0.39 is 0 Å². The summed E-state index contributed by atoms with van der Waals surface area (Å²) in [5.41, 5.74) is 5.60. The van der Waals surface area contributed by atoms with Crippen LogP contribution in [0.4, 0.5) is 0 Å². The minimum Gasteiger partial charge on any atom is -0.363 e. The Kier molecular flexibility index (Phi) is 5.60. The number of fused-ring (bicyclic) bond motifs is 1. The lowest BCUT2D eigenvalue weighted by Gasteiger charge is -2.17. The zero-order valence-electron chi connectivity index (χ0n) is 18.5. The maximum atomic E-state index is 4.96. The van der Waals surface area contributed by atoms with Crippen molar-refractivity contribution in [2.45, 2.75) is 19.0 Å². The van der Waals surface area contributed by atoms with Gasteiger partial charge in [-0.3, -0.25) is 9.67 Å². The molecule has 0 aliphatic heterocycles. The highest BCUT2D eigenvalue weighted by atomic mass is 15.3. The van der Waals surface area contributed by atoms with Crippen LogP contribution >= 0.6 is 0 Å². The molecule has 0 radical (unpaired) electrons. The molecule has 6 nitrogen and oxygen atoms in total. The number of aromatic nitrogens is 5. The van der Waals surface area contributed by atoms with Gasteiger partial charge in [0.2, 0.25) is 0 Å². The van der Waals surface area contributed by atoms with Crippen molar-refractivity contribution in [3.05, 3.63) is 96.8 Å². The van der Waals surface area contributed by atoms with E-state index in [0.717, 1.165) is 42.0 Å². The Morgan fingerprint density at radius 1 is 1.00 bits per heavy atom. The van der Waals surface area contributed by atoms with Gasteiger partial charge in [-0.05, 0) is 81.2 Å². The molecule has 0 amide bonds. The first kappa shape index (κ1) is 20.3. The maximum Gasteiger partial charge on any atom is 0.117 e.